The maximum absolute atomic E-state index is 11.7. The van der Waals surface area contributed by atoms with Crippen LogP contribution in [0, 0.1) is 11.8 Å². The average Bonchev–Trinajstić information content (AvgIpc) is 2.24. The molecule has 0 aromatic heterocycles. The minimum Gasteiger partial charge on any atom is -0.467 e. The number of hydrogen-bond acceptors (Lipinski definition) is 4. The van der Waals surface area contributed by atoms with Crippen molar-refractivity contribution in [3.8, 4) is 0 Å². The Hall–Kier alpha value is -1.10. The van der Waals surface area contributed by atoms with Crippen LogP contribution < -0.4 is 11.1 Å². The minimum absolute atomic E-state index is 0.00137. The first-order valence-corrected chi connectivity index (χ1v) is 5.52. The molecule has 3 N–H and O–H groups in total. The third-order valence-electron chi connectivity index (χ3n) is 2.47. The van der Waals surface area contributed by atoms with Gasteiger partial charge in [-0.25, -0.2) is 4.79 Å². The molecule has 0 aliphatic carbocycles. The quantitative estimate of drug-likeness (QED) is 0.642. The molecule has 1 unspecified atom stereocenters. The monoisotopic (exact) mass is 230 g/mol. The zero-order valence-corrected chi connectivity index (χ0v) is 10.4. The molecule has 0 aliphatic rings. The number of rotatable bonds is 6. The van der Waals surface area contributed by atoms with E-state index in [2.05, 4.69) is 10.1 Å². The summed E-state index contributed by atoms with van der Waals surface area (Å²) in [4.78, 5) is 23.1. The number of esters is 1. The van der Waals surface area contributed by atoms with Crippen LogP contribution in [0.1, 0.15) is 27.2 Å². The Morgan fingerprint density at radius 2 is 1.88 bits per heavy atom. The molecular formula is C11H22N2O3. The van der Waals surface area contributed by atoms with Gasteiger partial charge in [-0.3, -0.25) is 4.79 Å². The lowest BCUT2D eigenvalue weighted by Gasteiger charge is -2.21. The maximum atomic E-state index is 11.7. The molecular weight excluding hydrogens is 208 g/mol. The molecule has 0 rings (SSSR count). The molecule has 0 fully saturated rings. The zero-order valence-electron chi connectivity index (χ0n) is 10.4. The van der Waals surface area contributed by atoms with E-state index in [1.807, 2.05) is 13.8 Å². The largest absolute Gasteiger partial charge is 0.467 e. The topological polar surface area (TPSA) is 81.4 Å². The SMILES string of the molecule is COC(=O)[C@@H](NC(=O)C(C)CCN)C(C)C. The van der Waals surface area contributed by atoms with Gasteiger partial charge in [-0.05, 0) is 18.9 Å². The summed E-state index contributed by atoms with van der Waals surface area (Å²) in [6, 6.07) is -0.585. The normalized spacial score (nSPS) is 14.4. The molecule has 5 nitrogen and oxygen atoms in total. The van der Waals surface area contributed by atoms with Crippen LogP contribution in [0.25, 0.3) is 0 Å². The lowest BCUT2D eigenvalue weighted by Crippen LogP contribution is -2.47. The van der Waals surface area contributed by atoms with E-state index in [0.717, 1.165) is 0 Å². The zero-order chi connectivity index (χ0) is 12.7. The van der Waals surface area contributed by atoms with Gasteiger partial charge >= 0.3 is 5.97 Å². The van der Waals surface area contributed by atoms with Crippen LogP contribution in [0.3, 0.4) is 0 Å². The van der Waals surface area contributed by atoms with Crippen molar-refractivity contribution in [3.05, 3.63) is 0 Å². The standard InChI is InChI=1S/C11H22N2O3/c1-7(2)9(11(15)16-4)13-10(14)8(3)5-6-12/h7-9H,5-6,12H2,1-4H3,(H,13,14)/t8?,9-/m0/s1. The molecule has 16 heavy (non-hydrogen) atoms. The summed E-state index contributed by atoms with van der Waals surface area (Å²) in [5.41, 5.74) is 5.37. The maximum Gasteiger partial charge on any atom is 0.328 e. The molecule has 2 atom stereocenters. The Labute approximate surface area is 96.7 Å². The number of nitrogens with one attached hydrogen (secondary N) is 1. The molecule has 0 radical (unpaired) electrons. The molecule has 94 valence electrons. The lowest BCUT2D eigenvalue weighted by atomic mass is 10.0. The summed E-state index contributed by atoms with van der Waals surface area (Å²) in [5.74, 6) is -0.754. The van der Waals surface area contributed by atoms with Crippen molar-refractivity contribution in [1.82, 2.24) is 5.32 Å². The Morgan fingerprint density at radius 1 is 1.31 bits per heavy atom. The van der Waals surface area contributed by atoms with Gasteiger partial charge in [0.25, 0.3) is 0 Å². The van der Waals surface area contributed by atoms with Crippen molar-refractivity contribution in [3.63, 3.8) is 0 Å². The van der Waals surface area contributed by atoms with Gasteiger partial charge in [-0.15, -0.1) is 0 Å². The molecule has 0 heterocycles. The molecule has 0 spiro atoms. The smallest absolute Gasteiger partial charge is 0.328 e. The van der Waals surface area contributed by atoms with Gasteiger partial charge in [0.2, 0.25) is 5.91 Å². The minimum atomic E-state index is -0.585. The fourth-order valence-electron chi connectivity index (χ4n) is 1.30. The molecule has 0 saturated heterocycles. The lowest BCUT2D eigenvalue weighted by molar-refractivity contribution is -0.146. The highest BCUT2D eigenvalue weighted by Gasteiger charge is 2.26. The van der Waals surface area contributed by atoms with Crippen molar-refractivity contribution >= 4 is 11.9 Å². The van der Waals surface area contributed by atoms with Crippen LogP contribution in [0.5, 0.6) is 0 Å². The van der Waals surface area contributed by atoms with E-state index in [1.54, 1.807) is 6.92 Å². The molecule has 5 heteroatoms. The third-order valence-corrected chi connectivity index (χ3v) is 2.47. The van der Waals surface area contributed by atoms with Crippen molar-refractivity contribution in [2.24, 2.45) is 17.6 Å². The van der Waals surface area contributed by atoms with E-state index in [1.165, 1.54) is 7.11 Å². The average molecular weight is 230 g/mol. The summed E-state index contributed by atoms with van der Waals surface area (Å²) in [7, 11) is 1.31. The summed E-state index contributed by atoms with van der Waals surface area (Å²) in [6.45, 7) is 5.96. The fraction of sp³-hybridized carbons (Fsp3) is 0.818. The Kier molecular flexibility index (Phi) is 6.72. The number of ether oxygens (including phenoxy) is 1. The van der Waals surface area contributed by atoms with Crippen LogP contribution in [0.15, 0.2) is 0 Å². The Balaban J connectivity index is 4.40. The number of nitrogens with two attached hydrogens (primary N) is 1. The van der Waals surface area contributed by atoms with Crippen molar-refractivity contribution in [1.29, 1.82) is 0 Å². The van der Waals surface area contributed by atoms with Gasteiger partial charge in [0.15, 0.2) is 0 Å². The van der Waals surface area contributed by atoms with Crippen LogP contribution >= 0.6 is 0 Å². The second kappa shape index (κ2) is 7.22. The number of hydrogen-bond donors (Lipinski definition) is 2. The molecule has 0 bridgehead atoms. The molecule has 0 aromatic rings. The summed E-state index contributed by atoms with van der Waals surface area (Å²) >= 11 is 0. The number of methoxy groups -OCH3 is 1. The first kappa shape index (κ1) is 14.9. The van der Waals surface area contributed by atoms with Gasteiger partial charge in [-0.2, -0.15) is 0 Å². The van der Waals surface area contributed by atoms with E-state index >= 15 is 0 Å². The van der Waals surface area contributed by atoms with E-state index in [-0.39, 0.29) is 17.7 Å². The van der Waals surface area contributed by atoms with Crippen LogP contribution in [0.4, 0.5) is 0 Å². The van der Waals surface area contributed by atoms with E-state index in [4.69, 9.17) is 5.73 Å². The van der Waals surface area contributed by atoms with Gasteiger partial charge in [0.1, 0.15) is 6.04 Å². The highest BCUT2D eigenvalue weighted by molar-refractivity contribution is 5.85. The molecule has 1 amide bonds. The van der Waals surface area contributed by atoms with Crippen LogP contribution in [0.2, 0.25) is 0 Å². The summed E-state index contributed by atoms with van der Waals surface area (Å²) in [6.07, 6.45) is 0.609. The van der Waals surface area contributed by atoms with Crippen LogP contribution in [-0.4, -0.2) is 31.6 Å². The van der Waals surface area contributed by atoms with Gasteiger partial charge in [-0.1, -0.05) is 20.8 Å². The number of carbonyl (C=O) groups is 2. The number of amides is 1. The first-order chi connectivity index (χ1) is 7.43. The van der Waals surface area contributed by atoms with Crippen molar-refractivity contribution in [2.75, 3.05) is 13.7 Å². The summed E-state index contributed by atoms with van der Waals surface area (Å²) in [5, 5.41) is 2.68. The van der Waals surface area contributed by atoms with E-state index in [9.17, 15) is 9.59 Å². The van der Waals surface area contributed by atoms with E-state index < -0.39 is 12.0 Å². The van der Waals surface area contributed by atoms with Gasteiger partial charge < -0.3 is 15.8 Å². The highest BCUT2D eigenvalue weighted by Crippen LogP contribution is 2.07. The van der Waals surface area contributed by atoms with Gasteiger partial charge in [0.05, 0.1) is 7.11 Å². The highest BCUT2D eigenvalue weighted by atomic mass is 16.5. The summed E-state index contributed by atoms with van der Waals surface area (Å²) < 4.78 is 4.64. The molecule has 0 aromatic carbocycles. The van der Waals surface area contributed by atoms with Crippen LogP contribution in [-0.2, 0) is 14.3 Å². The first-order valence-electron chi connectivity index (χ1n) is 5.52. The van der Waals surface area contributed by atoms with Gasteiger partial charge in [0, 0.05) is 5.92 Å². The van der Waals surface area contributed by atoms with Crippen molar-refractivity contribution < 1.29 is 14.3 Å². The van der Waals surface area contributed by atoms with Crippen molar-refractivity contribution in [2.45, 2.75) is 33.2 Å². The Morgan fingerprint density at radius 3 is 2.25 bits per heavy atom. The second-order valence-corrected chi connectivity index (χ2v) is 4.23. The molecule has 0 aliphatic heterocycles. The fourth-order valence-corrected chi connectivity index (χ4v) is 1.30. The molecule has 0 saturated carbocycles. The predicted octanol–water partition coefficient (Wildman–Crippen LogP) is 0.285. The van der Waals surface area contributed by atoms with E-state index in [0.29, 0.717) is 13.0 Å². The number of carbonyl (C=O) groups excluding carboxylic acids is 2. The predicted molar refractivity (Wildman–Crippen MR) is 61.6 cm³/mol. The second-order valence-electron chi connectivity index (χ2n) is 4.23. The third kappa shape index (κ3) is 4.61. The Bertz CT molecular complexity index is 241.